The van der Waals surface area contributed by atoms with Gasteiger partial charge in [-0.2, -0.15) is 67.3 Å². The Morgan fingerprint density at radius 2 is 0.698 bits per heavy atom. The Morgan fingerprint density at radius 1 is 0.512 bits per heavy atom. The second-order valence-corrected chi connectivity index (χ2v) is 18.1. The van der Waals surface area contributed by atoms with Crippen LogP contribution in [0.2, 0.25) is 0 Å². The molecule has 4 aliphatic heterocycles. The molecule has 0 radical (unpaired) electrons. The van der Waals surface area contributed by atoms with Gasteiger partial charge in [-0.3, -0.25) is 0 Å². The molecule has 4 heterocycles. The molecular weight excluding hydrogens is 865 g/mol. The molecule has 0 unspecified atom stereocenters. The number of nitrogens with zero attached hydrogens (tertiary/aromatic N) is 8. The number of thioether (sulfide) groups is 4. The maximum absolute atomic E-state index is 8.50. The number of thiol groups is 2. The van der Waals surface area contributed by atoms with Gasteiger partial charge in [-0.15, -0.1) is 25.3 Å². The monoisotopic (exact) mass is 900 g/mol. The molecule has 0 aromatic rings. The summed E-state index contributed by atoms with van der Waals surface area (Å²) < 4.78 is 18.8. The molecule has 0 spiro atoms. The van der Waals surface area contributed by atoms with E-state index in [0.717, 1.165) is 98.4 Å². The molecule has 4 aliphatic rings. The van der Waals surface area contributed by atoms with E-state index in [1.54, 1.807) is 0 Å². The predicted molar refractivity (Wildman–Crippen MR) is 207 cm³/mol. The van der Waals surface area contributed by atoms with Crippen LogP contribution in [0.25, 0.3) is 0 Å². The molecule has 0 atom stereocenters. The molecule has 0 N–H and O–H groups in total. The van der Waals surface area contributed by atoms with Crippen molar-refractivity contribution in [2.75, 3.05) is 98.4 Å². The zero-order valence-electron chi connectivity index (χ0n) is 23.1. The normalized spacial score (nSPS) is 20.1. The van der Waals surface area contributed by atoms with Gasteiger partial charge in [-0.25, -0.2) is 20.3 Å². The molecule has 4 saturated heterocycles. The van der Waals surface area contributed by atoms with Crippen molar-refractivity contribution >= 4 is 164 Å². The fraction of sp³-hybridized carbons (Fsp3) is 0.800. The first-order valence-electron chi connectivity index (χ1n) is 12.9. The van der Waals surface area contributed by atoms with Crippen LogP contribution in [0.1, 0.15) is 0 Å². The van der Waals surface area contributed by atoms with Gasteiger partial charge in [0.1, 0.15) is 0 Å². The standard InChI is InChI=1S/2C10H18N4S6.Mo.2O/c2*15-9(16)13(11-1-5-19-6-2-11)14(10(17)18)12-3-7-20-8-4-12;;;/h2*1-8H2,(H,15,16)(H,17,18);;;/q;;+2;;/p-2. The van der Waals surface area contributed by atoms with Crippen molar-refractivity contribution in [2.24, 2.45) is 0 Å². The van der Waals surface area contributed by atoms with Gasteiger partial charge in [0.25, 0.3) is 0 Å². The summed E-state index contributed by atoms with van der Waals surface area (Å²) in [6.45, 7) is 7.44. The van der Waals surface area contributed by atoms with Gasteiger partial charge in [-0.05, 0) is 33.1 Å². The Morgan fingerprint density at radius 3 is 0.860 bits per heavy atom. The molecule has 0 aliphatic carbocycles. The predicted octanol–water partition coefficient (Wildman–Crippen LogP) is 2.72. The van der Waals surface area contributed by atoms with Crippen molar-refractivity contribution < 1.29 is 25.3 Å². The molecule has 10 nitrogen and oxygen atoms in total. The van der Waals surface area contributed by atoms with E-state index < -0.39 is 18.5 Å². The summed E-state index contributed by atoms with van der Waals surface area (Å²) in [5.74, 6) is 8.66. The van der Waals surface area contributed by atoms with E-state index in [4.69, 9.17) is 80.9 Å². The first kappa shape index (κ1) is 41.4. The summed E-state index contributed by atoms with van der Waals surface area (Å²) in [7, 11) is 0. The molecule has 43 heavy (non-hydrogen) atoms. The van der Waals surface area contributed by atoms with E-state index in [-0.39, 0.29) is 0 Å². The Bertz CT molecular complexity index is 811. The Balaban J connectivity index is 0.000000275. The summed E-state index contributed by atoms with van der Waals surface area (Å²) in [4.78, 5) is 0. The molecule has 23 heteroatoms. The van der Waals surface area contributed by atoms with Gasteiger partial charge < -0.3 is 49.7 Å². The van der Waals surface area contributed by atoms with Crippen molar-refractivity contribution in [1.82, 2.24) is 40.5 Å². The Hall–Kier alpha value is 2.23. The first-order valence-corrected chi connectivity index (χ1v) is 22.5. The minimum absolute atomic E-state index is 0.395. The molecule has 4 fully saturated rings. The molecule has 0 bridgehead atoms. The van der Waals surface area contributed by atoms with Crippen molar-refractivity contribution in [2.45, 2.75) is 0 Å². The third-order valence-electron chi connectivity index (χ3n) is 6.05. The van der Waals surface area contributed by atoms with E-state index in [0.29, 0.717) is 17.3 Å². The Labute approximate surface area is 324 Å². The average molecular weight is 899 g/mol. The van der Waals surface area contributed by atoms with E-state index in [1.165, 1.54) is 0 Å². The molecule has 0 amide bonds. The van der Waals surface area contributed by atoms with E-state index in [1.807, 2.05) is 67.5 Å². The quantitative estimate of drug-likeness (QED) is 0.143. The number of thiocarbonyl (C=S) groups is 4. The first-order chi connectivity index (χ1) is 20.6. The van der Waals surface area contributed by atoms with Crippen LogP contribution in [0.4, 0.5) is 0 Å². The van der Waals surface area contributed by atoms with Gasteiger partial charge in [0.05, 0.1) is 0 Å². The minimum atomic E-state index is -2.03. The van der Waals surface area contributed by atoms with Crippen molar-refractivity contribution in [1.29, 1.82) is 0 Å². The van der Waals surface area contributed by atoms with Crippen LogP contribution in [-0.2, 0) is 50.5 Å². The number of hydrogen-bond donors (Lipinski definition) is 2. The van der Waals surface area contributed by atoms with Gasteiger partial charge in [-0.1, -0.05) is 0 Å². The summed E-state index contributed by atoms with van der Waals surface area (Å²) in [5.41, 5.74) is 0. The fourth-order valence-corrected chi connectivity index (χ4v) is 9.36. The number of hydrogen-bond acceptors (Lipinski definition) is 16. The molecule has 0 aromatic heterocycles. The zero-order chi connectivity index (χ0) is 31.8. The molecule has 4 rings (SSSR count). The SMILES string of the molecule is S=C([S-])N(N1CCSCC1)N(C(=S)S)N1CCSCC1.S=C([S-])N(N1CCSCC1)N(C(=S)S)N1CCSCC1.[O]=[Mo+2]=[O]. The molecule has 0 saturated carbocycles. The van der Waals surface area contributed by atoms with Crippen LogP contribution >= 0.6 is 121 Å². The van der Waals surface area contributed by atoms with E-state index >= 15 is 0 Å². The second kappa shape index (κ2) is 23.6. The molecular formula is C20H34MoN8O2S12. The van der Waals surface area contributed by atoms with Crippen LogP contribution in [0, 0.1) is 0 Å². The summed E-state index contributed by atoms with van der Waals surface area (Å²) in [6, 6.07) is 0. The Kier molecular flexibility index (Phi) is 22.7. The van der Waals surface area contributed by atoms with Gasteiger partial charge in [0.2, 0.25) is 0 Å². The molecule has 244 valence electrons. The average Bonchev–Trinajstić information content (AvgIpc) is 3.00. The number of hydrazine groups is 6. The third kappa shape index (κ3) is 14.3. The number of rotatable bonds is 4. The van der Waals surface area contributed by atoms with E-state index in [9.17, 15) is 0 Å². The van der Waals surface area contributed by atoms with E-state index in [2.05, 4.69) is 45.3 Å². The van der Waals surface area contributed by atoms with Crippen molar-refractivity contribution in [3.63, 3.8) is 0 Å². The van der Waals surface area contributed by atoms with Gasteiger partial charge in [0.15, 0.2) is 8.64 Å². The van der Waals surface area contributed by atoms with Crippen molar-refractivity contribution in [3.8, 4) is 0 Å². The van der Waals surface area contributed by atoms with Crippen LogP contribution < -0.4 is 0 Å². The zero-order valence-corrected chi connectivity index (χ0v) is 35.1. The third-order valence-corrected chi connectivity index (χ3v) is 11.2. The topological polar surface area (TPSA) is 60.1 Å². The van der Waals surface area contributed by atoms with Gasteiger partial charge >= 0.3 is 25.3 Å². The van der Waals surface area contributed by atoms with Gasteiger partial charge in [0, 0.05) is 98.4 Å². The summed E-state index contributed by atoms with van der Waals surface area (Å²) in [5, 5.41) is 16.2. The maximum atomic E-state index is 8.50. The summed E-state index contributed by atoms with van der Waals surface area (Å²) >= 11 is 46.3. The van der Waals surface area contributed by atoms with Crippen molar-refractivity contribution in [3.05, 3.63) is 0 Å². The molecule has 0 aromatic carbocycles. The summed E-state index contributed by atoms with van der Waals surface area (Å²) in [6.07, 6.45) is 0. The fourth-order valence-electron chi connectivity index (χ4n) is 4.24. The second-order valence-electron chi connectivity index (χ2n) is 8.59. The van der Waals surface area contributed by atoms with Crippen LogP contribution in [-0.4, -0.2) is 156 Å². The van der Waals surface area contributed by atoms with Crippen LogP contribution in [0.15, 0.2) is 0 Å². The van der Waals surface area contributed by atoms with Crippen LogP contribution in [0.5, 0.6) is 0 Å². The van der Waals surface area contributed by atoms with Crippen LogP contribution in [0.3, 0.4) is 0 Å².